The zero-order valence-corrected chi connectivity index (χ0v) is 12.6. The third-order valence-corrected chi connectivity index (χ3v) is 4.95. The minimum atomic E-state index is -0.456. The molecule has 0 radical (unpaired) electrons. The van der Waals surface area contributed by atoms with Crippen molar-refractivity contribution in [3.8, 4) is 0 Å². The molecule has 1 aliphatic carbocycles. The van der Waals surface area contributed by atoms with Crippen LogP contribution in [-0.2, 0) is 9.53 Å². The van der Waals surface area contributed by atoms with E-state index in [-0.39, 0.29) is 5.97 Å². The van der Waals surface area contributed by atoms with E-state index in [2.05, 4.69) is 24.2 Å². The van der Waals surface area contributed by atoms with Gasteiger partial charge in [0.15, 0.2) is 0 Å². The van der Waals surface area contributed by atoms with Crippen molar-refractivity contribution in [2.24, 2.45) is 0 Å². The molecule has 4 heteroatoms. The highest BCUT2D eigenvalue weighted by molar-refractivity contribution is 5.81. The topological polar surface area (TPSA) is 41.6 Å². The number of methoxy groups -OCH3 is 1. The SMILES string of the molecule is COC(=O)C1(NC2CCCCC2)CCN(C)C(C)C1. The van der Waals surface area contributed by atoms with Gasteiger partial charge in [-0.3, -0.25) is 10.1 Å². The van der Waals surface area contributed by atoms with Crippen molar-refractivity contribution in [2.45, 2.75) is 69.5 Å². The Morgan fingerprint density at radius 3 is 2.58 bits per heavy atom. The maximum absolute atomic E-state index is 12.3. The molecular weight excluding hydrogens is 240 g/mol. The van der Waals surface area contributed by atoms with E-state index in [0.717, 1.165) is 19.4 Å². The van der Waals surface area contributed by atoms with E-state index < -0.39 is 5.54 Å². The van der Waals surface area contributed by atoms with Crippen LogP contribution >= 0.6 is 0 Å². The molecule has 19 heavy (non-hydrogen) atoms. The van der Waals surface area contributed by atoms with Crippen molar-refractivity contribution >= 4 is 5.97 Å². The number of likely N-dealkylation sites (tertiary alicyclic amines) is 1. The highest BCUT2D eigenvalue weighted by Gasteiger charge is 2.45. The van der Waals surface area contributed by atoms with Gasteiger partial charge in [-0.25, -0.2) is 0 Å². The molecule has 0 amide bonds. The van der Waals surface area contributed by atoms with Crippen molar-refractivity contribution in [3.63, 3.8) is 0 Å². The zero-order chi connectivity index (χ0) is 13.9. The van der Waals surface area contributed by atoms with Crippen molar-refractivity contribution in [1.29, 1.82) is 0 Å². The summed E-state index contributed by atoms with van der Waals surface area (Å²) in [4.78, 5) is 14.6. The molecule has 1 heterocycles. The van der Waals surface area contributed by atoms with Gasteiger partial charge in [-0.2, -0.15) is 0 Å². The molecule has 2 rings (SSSR count). The lowest BCUT2D eigenvalue weighted by Crippen LogP contribution is -2.63. The lowest BCUT2D eigenvalue weighted by molar-refractivity contribution is -0.152. The number of ether oxygens (including phenoxy) is 1. The van der Waals surface area contributed by atoms with E-state index in [9.17, 15) is 4.79 Å². The van der Waals surface area contributed by atoms with E-state index in [1.807, 2.05) is 0 Å². The summed E-state index contributed by atoms with van der Waals surface area (Å²) in [5.74, 6) is -0.0713. The number of carbonyl (C=O) groups excluding carboxylic acids is 1. The van der Waals surface area contributed by atoms with Gasteiger partial charge in [0, 0.05) is 18.6 Å². The molecule has 2 unspecified atom stereocenters. The lowest BCUT2D eigenvalue weighted by atomic mass is 9.81. The Morgan fingerprint density at radius 1 is 1.32 bits per heavy atom. The summed E-state index contributed by atoms with van der Waals surface area (Å²) in [5, 5.41) is 3.67. The number of piperidine rings is 1. The molecule has 1 saturated carbocycles. The van der Waals surface area contributed by atoms with Crippen LogP contribution in [0, 0.1) is 0 Å². The number of esters is 1. The third kappa shape index (κ3) is 3.29. The summed E-state index contributed by atoms with van der Waals surface area (Å²) in [5.41, 5.74) is -0.456. The molecule has 0 spiro atoms. The van der Waals surface area contributed by atoms with Crippen LogP contribution in [0.1, 0.15) is 51.9 Å². The number of hydrogen-bond donors (Lipinski definition) is 1. The van der Waals surface area contributed by atoms with Gasteiger partial charge >= 0.3 is 5.97 Å². The van der Waals surface area contributed by atoms with Gasteiger partial charge in [-0.15, -0.1) is 0 Å². The van der Waals surface area contributed by atoms with Gasteiger partial charge in [0.2, 0.25) is 0 Å². The second-order valence-electron chi connectivity index (χ2n) is 6.34. The minimum absolute atomic E-state index is 0.0713. The number of rotatable bonds is 3. The van der Waals surface area contributed by atoms with E-state index in [1.165, 1.54) is 39.2 Å². The van der Waals surface area contributed by atoms with E-state index in [4.69, 9.17) is 4.74 Å². The zero-order valence-electron chi connectivity index (χ0n) is 12.6. The van der Waals surface area contributed by atoms with Crippen molar-refractivity contribution < 1.29 is 9.53 Å². The summed E-state index contributed by atoms with van der Waals surface area (Å²) in [7, 11) is 3.64. The van der Waals surface area contributed by atoms with E-state index in [1.54, 1.807) is 0 Å². The molecule has 1 N–H and O–H groups in total. The summed E-state index contributed by atoms with van der Waals surface area (Å²) < 4.78 is 5.10. The highest BCUT2D eigenvalue weighted by Crippen LogP contribution is 2.30. The molecular formula is C15H28N2O2. The highest BCUT2D eigenvalue weighted by atomic mass is 16.5. The maximum atomic E-state index is 12.3. The van der Waals surface area contributed by atoms with Gasteiger partial charge < -0.3 is 9.64 Å². The predicted molar refractivity (Wildman–Crippen MR) is 76.1 cm³/mol. The quantitative estimate of drug-likeness (QED) is 0.794. The first kappa shape index (κ1) is 14.8. The Kier molecular flexibility index (Phi) is 4.85. The minimum Gasteiger partial charge on any atom is -0.468 e. The van der Waals surface area contributed by atoms with E-state index in [0.29, 0.717) is 12.1 Å². The lowest BCUT2D eigenvalue weighted by Gasteiger charge is -2.45. The van der Waals surface area contributed by atoms with Gasteiger partial charge in [0.1, 0.15) is 5.54 Å². The first-order valence-corrected chi connectivity index (χ1v) is 7.64. The van der Waals surface area contributed by atoms with Crippen LogP contribution in [0.25, 0.3) is 0 Å². The maximum Gasteiger partial charge on any atom is 0.326 e. The fourth-order valence-electron chi connectivity index (χ4n) is 3.56. The molecule has 2 aliphatic rings. The Balaban J connectivity index is 2.08. The Bertz CT molecular complexity index is 315. The van der Waals surface area contributed by atoms with Crippen LogP contribution in [0.2, 0.25) is 0 Å². The van der Waals surface area contributed by atoms with Crippen LogP contribution in [0.3, 0.4) is 0 Å². The fourth-order valence-corrected chi connectivity index (χ4v) is 3.56. The van der Waals surface area contributed by atoms with Crippen molar-refractivity contribution in [2.75, 3.05) is 20.7 Å². The standard InChI is InChI=1S/C15H28N2O2/c1-12-11-15(14(18)19-3,9-10-17(12)2)16-13-7-5-4-6-8-13/h12-13,16H,4-11H2,1-3H3. The van der Waals surface area contributed by atoms with Crippen molar-refractivity contribution in [1.82, 2.24) is 10.2 Å². The summed E-state index contributed by atoms with van der Waals surface area (Å²) >= 11 is 0. The van der Waals surface area contributed by atoms with Crippen LogP contribution < -0.4 is 5.32 Å². The summed E-state index contributed by atoms with van der Waals surface area (Å²) in [6.45, 7) is 3.15. The molecule has 4 nitrogen and oxygen atoms in total. The fraction of sp³-hybridized carbons (Fsp3) is 0.933. The Morgan fingerprint density at radius 2 is 2.00 bits per heavy atom. The molecule has 1 aliphatic heterocycles. The monoisotopic (exact) mass is 268 g/mol. The van der Waals surface area contributed by atoms with Gasteiger partial charge in [-0.1, -0.05) is 19.3 Å². The normalized spacial score (nSPS) is 34.2. The molecule has 1 saturated heterocycles. The molecule has 2 atom stereocenters. The molecule has 0 aromatic rings. The molecule has 110 valence electrons. The average Bonchev–Trinajstić information content (AvgIpc) is 2.43. The smallest absolute Gasteiger partial charge is 0.326 e. The number of carbonyl (C=O) groups is 1. The predicted octanol–water partition coefficient (Wildman–Crippen LogP) is 1.93. The molecule has 0 aromatic heterocycles. The Hall–Kier alpha value is -0.610. The second-order valence-corrected chi connectivity index (χ2v) is 6.34. The van der Waals surface area contributed by atoms with Crippen LogP contribution in [0.4, 0.5) is 0 Å². The summed E-state index contributed by atoms with van der Waals surface area (Å²) in [6.07, 6.45) is 8.01. The van der Waals surface area contributed by atoms with Gasteiger partial charge in [0.05, 0.1) is 7.11 Å². The first-order chi connectivity index (χ1) is 9.07. The Labute approximate surface area is 116 Å². The third-order valence-electron chi connectivity index (χ3n) is 4.95. The number of nitrogens with one attached hydrogen (secondary N) is 1. The molecule has 0 bridgehead atoms. The number of nitrogens with zero attached hydrogens (tertiary/aromatic N) is 1. The largest absolute Gasteiger partial charge is 0.468 e. The van der Waals surface area contributed by atoms with Crippen LogP contribution in [0.5, 0.6) is 0 Å². The first-order valence-electron chi connectivity index (χ1n) is 7.64. The molecule has 0 aromatic carbocycles. The van der Waals surface area contributed by atoms with Crippen molar-refractivity contribution in [3.05, 3.63) is 0 Å². The van der Waals surface area contributed by atoms with Gasteiger partial charge in [-0.05, 0) is 39.7 Å². The van der Waals surface area contributed by atoms with Crippen LogP contribution in [-0.4, -0.2) is 49.2 Å². The second kappa shape index (κ2) is 6.23. The molecule has 2 fully saturated rings. The summed E-state index contributed by atoms with van der Waals surface area (Å²) in [6, 6.07) is 0.910. The van der Waals surface area contributed by atoms with Crippen LogP contribution in [0.15, 0.2) is 0 Å². The van der Waals surface area contributed by atoms with E-state index >= 15 is 0 Å². The average molecular weight is 268 g/mol. The number of hydrogen-bond acceptors (Lipinski definition) is 4. The van der Waals surface area contributed by atoms with Gasteiger partial charge in [0.25, 0.3) is 0 Å².